The van der Waals surface area contributed by atoms with Crippen LogP contribution < -0.4 is 10.2 Å². The lowest BCUT2D eigenvalue weighted by molar-refractivity contribution is -0.149. The van der Waals surface area contributed by atoms with Gasteiger partial charge in [-0.15, -0.1) is 0 Å². The second-order valence-corrected chi connectivity index (χ2v) is 14.6. The van der Waals surface area contributed by atoms with Crippen molar-refractivity contribution in [1.29, 1.82) is 0 Å². The van der Waals surface area contributed by atoms with Gasteiger partial charge in [0, 0.05) is 36.3 Å². The number of aliphatic hydroxyl groups excluding tert-OH is 2. The number of carbonyl (C=O) groups excluding carboxylic acids is 3. The van der Waals surface area contributed by atoms with Gasteiger partial charge >= 0.3 is 0 Å². The molecule has 3 aliphatic heterocycles. The van der Waals surface area contributed by atoms with Crippen molar-refractivity contribution in [2.45, 2.75) is 75.6 Å². The fraction of sp³-hybridized carbons (Fsp3) is 0.640. The first-order chi connectivity index (χ1) is 16.8. The zero-order valence-electron chi connectivity index (χ0n) is 21.5. The van der Waals surface area contributed by atoms with Gasteiger partial charge in [-0.2, -0.15) is 0 Å². The molecule has 3 amide bonds. The Kier molecular flexibility index (Phi) is 7.06. The first-order valence-electron chi connectivity index (χ1n) is 12.5. The van der Waals surface area contributed by atoms with Crippen LogP contribution in [0.15, 0.2) is 18.2 Å². The van der Waals surface area contributed by atoms with Crippen molar-refractivity contribution in [1.82, 2.24) is 4.90 Å². The molecular weight excluding hydrogens is 485 g/mol. The van der Waals surface area contributed by atoms with Gasteiger partial charge in [-0.05, 0) is 51.1 Å². The van der Waals surface area contributed by atoms with E-state index in [1.165, 1.54) is 11.8 Å². The summed E-state index contributed by atoms with van der Waals surface area (Å²) in [4.78, 5) is 42.2. The summed E-state index contributed by atoms with van der Waals surface area (Å²) >= 11 is 0. The lowest BCUT2D eigenvalue weighted by Crippen LogP contribution is -2.44. The third-order valence-corrected chi connectivity index (χ3v) is 10.5. The van der Waals surface area contributed by atoms with Crippen molar-refractivity contribution in [3.8, 4) is 0 Å². The number of nitrogens with zero attached hydrogens (tertiary/aromatic N) is 2. The van der Waals surface area contributed by atoms with Gasteiger partial charge in [0.15, 0.2) is 5.60 Å². The molecule has 9 nitrogen and oxygen atoms in total. The van der Waals surface area contributed by atoms with Gasteiger partial charge in [-0.25, -0.2) is 0 Å². The fourth-order valence-electron chi connectivity index (χ4n) is 6.32. The number of hydrogen-bond acceptors (Lipinski definition) is 6. The van der Waals surface area contributed by atoms with Crippen molar-refractivity contribution in [2.75, 3.05) is 30.4 Å². The predicted octanol–water partition coefficient (Wildman–Crippen LogP) is 2.13. The van der Waals surface area contributed by atoms with Gasteiger partial charge in [-0.1, -0.05) is 6.92 Å². The van der Waals surface area contributed by atoms with Crippen molar-refractivity contribution in [3.05, 3.63) is 23.8 Å². The number of amides is 3. The Morgan fingerprint density at radius 2 is 2.06 bits per heavy atom. The molecule has 1 spiro atoms. The highest BCUT2D eigenvalue weighted by molar-refractivity contribution is 6.72. The number of fused-ring (bicyclic) bond motifs is 2. The van der Waals surface area contributed by atoms with Gasteiger partial charge in [0.2, 0.25) is 14.3 Å². The number of likely N-dealkylation sites (N-methyl/N-ethyl adjacent to an activating group) is 1. The Hall–Kier alpha value is -2.34. The standard InChI is InChI=1S/C25H36FN3O6Si/c1-14-22(36(4,5)26)20(12-21(32)29-10-6-7-17(29)13-30)35-25(14)18-11-16(27-23(33)15(2)31)8-9-19(18)28(3)24(25)34/h8-9,11,14-15,17,20,22,30-31H,6-7,10,12-13H2,1-5H3,(H,27,33)/t14-,15-,17-,20+,22-,25+/m0/s1. The molecule has 0 saturated carbocycles. The van der Waals surface area contributed by atoms with Gasteiger partial charge < -0.3 is 34.2 Å². The number of hydrogen-bond donors (Lipinski definition) is 3. The molecule has 3 N–H and O–H groups in total. The maximum Gasteiger partial charge on any atom is 0.264 e. The lowest BCUT2D eigenvalue weighted by Gasteiger charge is -2.31. The first-order valence-corrected chi connectivity index (χ1v) is 15.5. The molecule has 198 valence electrons. The number of aliphatic hydroxyl groups is 2. The monoisotopic (exact) mass is 521 g/mol. The van der Waals surface area contributed by atoms with Crippen molar-refractivity contribution < 1.29 is 33.4 Å². The summed E-state index contributed by atoms with van der Waals surface area (Å²) in [7, 11) is -1.80. The predicted molar refractivity (Wildman–Crippen MR) is 135 cm³/mol. The van der Waals surface area contributed by atoms with E-state index >= 15 is 4.11 Å². The minimum absolute atomic E-state index is 0.0710. The van der Waals surface area contributed by atoms with E-state index in [9.17, 15) is 24.6 Å². The minimum atomic E-state index is -3.42. The molecule has 2 fully saturated rings. The summed E-state index contributed by atoms with van der Waals surface area (Å²) in [5.74, 6) is -1.70. The third-order valence-electron chi connectivity index (χ3n) is 8.02. The van der Waals surface area contributed by atoms with Crippen LogP contribution in [0.5, 0.6) is 0 Å². The molecule has 0 bridgehead atoms. The van der Waals surface area contributed by atoms with Crippen molar-refractivity contribution in [2.24, 2.45) is 5.92 Å². The molecule has 3 heterocycles. The number of halogens is 1. The van der Waals surface area contributed by atoms with Crippen LogP contribution in [-0.4, -0.2) is 79.7 Å². The fourth-order valence-corrected chi connectivity index (χ4v) is 8.81. The maximum atomic E-state index is 15.8. The number of ether oxygens (including phenoxy) is 1. The number of benzene rings is 1. The number of nitrogens with one attached hydrogen (secondary N) is 1. The summed E-state index contributed by atoms with van der Waals surface area (Å²) in [5.41, 5.74) is -0.642. The van der Waals surface area contributed by atoms with Crippen LogP contribution in [0.1, 0.15) is 38.7 Å². The van der Waals surface area contributed by atoms with E-state index < -0.39 is 43.6 Å². The third kappa shape index (κ3) is 4.25. The van der Waals surface area contributed by atoms with Crippen molar-refractivity contribution >= 4 is 37.5 Å². The van der Waals surface area contributed by atoms with E-state index in [-0.39, 0.29) is 30.9 Å². The second kappa shape index (κ2) is 9.51. The normalized spacial score (nSPS) is 30.7. The highest BCUT2D eigenvalue weighted by Gasteiger charge is 2.66. The molecule has 4 rings (SSSR count). The smallest absolute Gasteiger partial charge is 0.264 e. The molecular formula is C25H36FN3O6Si. The quantitative estimate of drug-likeness (QED) is 0.390. The summed E-state index contributed by atoms with van der Waals surface area (Å²) in [6.45, 7) is 6.72. The molecule has 6 atom stereocenters. The molecule has 2 saturated heterocycles. The molecule has 3 aliphatic rings. The number of carbonyl (C=O) groups is 3. The summed E-state index contributed by atoms with van der Waals surface area (Å²) < 4.78 is 22.3. The average molecular weight is 522 g/mol. The van der Waals surface area contributed by atoms with Gasteiger partial charge in [0.05, 0.1) is 30.9 Å². The van der Waals surface area contributed by atoms with E-state index in [1.54, 1.807) is 50.2 Å². The largest absolute Gasteiger partial charge is 0.394 e. The summed E-state index contributed by atoms with van der Waals surface area (Å²) in [6.07, 6.45) is -0.577. The minimum Gasteiger partial charge on any atom is -0.394 e. The topological polar surface area (TPSA) is 119 Å². The Morgan fingerprint density at radius 1 is 1.36 bits per heavy atom. The van der Waals surface area contributed by atoms with Gasteiger partial charge in [-0.3, -0.25) is 14.4 Å². The zero-order chi connectivity index (χ0) is 26.6. The van der Waals surface area contributed by atoms with Gasteiger partial charge in [0.25, 0.3) is 11.8 Å². The van der Waals surface area contributed by atoms with E-state index in [2.05, 4.69) is 5.32 Å². The molecule has 11 heteroatoms. The summed E-state index contributed by atoms with van der Waals surface area (Å²) in [5, 5.41) is 21.9. The van der Waals surface area contributed by atoms with Crippen LogP contribution in [0.4, 0.5) is 15.5 Å². The Balaban J connectivity index is 1.73. The van der Waals surface area contributed by atoms with E-state index in [0.29, 0.717) is 23.5 Å². The van der Waals surface area contributed by atoms with Crippen LogP contribution in [-0.2, 0) is 24.7 Å². The maximum absolute atomic E-state index is 15.8. The van der Waals surface area contributed by atoms with Crippen LogP contribution in [0, 0.1) is 5.92 Å². The van der Waals surface area contributed by atoms with Crippen LogP contribution in [0.3, 0.4) is 0 Å². The summed E-state index contributed by atoms with van der Waals surface area (Å²) in [6, 6.07) is 4.72. The van der Waals surface area contributed by atoms with Crippen molar-refractivity contribution in [3.63, 3.8) is 0 Å². The van der Waals surface area contributed by atoms with E-state index in [0.717, 1.165) is 12.8 Å². The highest BCUT2D eigenvalue weighted by atomic mass is 28.4. The van der Waals surface area contributed by atoms with Crippen LogP contribution >= 0.6 is 0 Å². The molecule has 0 aliphatic carbocycles. The molecule has 36 heavy (non-hydrogen) atoms. The Morgan fingerprint density at radius 3 is 2.67 bits per heavy atom. The first kappa shape index (κ1) is 26.7. The Labute approximate surface area is 211 Å². The SMILES string of the molecule is C[C@H](O)C(=O)Nc1ccc2c(c1)[C@@]1(O[C@H](CC(=O)N3CCC[C@H]3CO)[C@@H]([Si](C)(C)F)[C@@H]1C)C(=O)N2C. The van der Waals surface area contributed by atoms with Crippen LogP contribution in [0.25, 0.3) is 0 Å². The Bertz CT molecular complexity index is 1060. The molecule has 0 unspecified atom stereocenters. The second-order valence-electron chi connectivity index (χ2n) is 10.8. The average Bonchev–Trinajstić information content (AvgIpc) is 3.45. The number of rotatable bonds is 6. The molecule has 1 aromatic carbocycles. The lowest BCUT2D eigenvalue weighted by atomic mass is 9.82. The van der Waals surface area contributed by atoms with E-state index in [4.69, 9.17) is 4.74 Å². The molecule has 1 aromatic rings. The highest BCUT2D eigenvalue weighted by Crippen LogP contribution is 2.60. The number of likely N-dealkylation sites (tertiary alicyclic amines) is 1. The molecule has 0 aromatic heterocycles. The van der Waals surface area contributed by atoms with E-state index in [1.807, 2.05) is 0 Å². The number of anilines is 2. The van der Waals surface area contributed by atoms with Gasteiger partial charge in [0.1, 0.15) is 6.10 Å². The molecule has 0 radical (unpaired) electrons. The van der Waals surface area contributed by atoms with Crippen LogP contribution in [0.2, 0.25) is 18.6 Å². The zero-order valence-corrected chi connectivity index (χ0v) is 22.5.